The van der Waals surface area contributed by atoms with Crippen LogP contribution < -0.4 is 5.73 Å². The predicted molar refractivity (Wildman–Crippen MR) is 67.2 cm³/mol. The number of benzene rings is 1. The summed E-state index contributed by atoms with van der Waals surface area (Å²) in [7, 11) is 0. The standard InChI is InChI=1S/C10H12N2O.2ClH/c11-4-3-7-6-12-10-2-1-8(13)5-9(7)10;;/h1-2,5-6,12-13H,3-4,11H2;2*1H. The molecule has 0 atom stereocenters. The first-order valence-corrected chi connectivity index (χ1v) is 4.30. The van der Waals surface area contributed by atoms with E-state index in [1.54, 1.807) is 12.1 Å². The Labute approximate surface area is 100 Å². The number of phenols is 1. The molecule has 0 aliphatic rings. The van der Waals surface area contributed by atoms with Crippen LogP contribution in [0, 0.1) is 0 Å². The third-order valence-corrected chi connectivity index (χ3v) is 2.16. The van der Waals surface area contributed by atoms with E-state index in [0.717, 1.165) is 22.9 Å². The molecule has 1 heterocycles. The molecule has 3 nitrogen and oxygen atoms in total. The van der Waals surface area contributed by atoms with Gasteiger partial charge in [-0.15, -0.1) is 24.8 Å². The van der Waals surface area contributed by atoms with Crippen LogP contribution in [0.1, 0.15) is 5.56 Å². The third-order valence-electron chi connectivity index (χ3n) is 2.16. The van der Waals surface area contributed by atoms with Crippen LogP contribution in [0.4, 0.5) is 0 Å². The van der Waals surface area contributed by atoms with E-state index in [9.17, 15) is 5.11 Å². The van der Waals surface area contributed by atoms with E-state index >= 15 is 0 Å². The minimum Gasteiger partial charge on any atom is -0.508 e. The molecular weight excluding hydrogens is 235 g/mol. The molecule has 0 spiro atoms. The van der Waals surface area contributed by atoms with Crippen LogP contribution in [0.5, 0.6) is 5.75 Å². The van der Waals surface area contributed by atoms with E-state index in [1.165, 1.54) is 0 Å². The van der Waals surface area contributed by atoms with Gasteiger partial charge in [0.15, 0.2) is 0 Å². The fourth-order valence-electron chi connectivity index (χ4n) is 1.53. The lowest BCUT2D eigenvalue weighted by molar-refractivity contribution is 0.476. The van der Waals surface area contributed by atoms with Crippen molar-refractivity contribution in [3.05, 3.63) is 30.0 Å². The molecule has 0 aliphatic heterocycles. The predicted octanol–water partition coefficient (Wildman–Crippen LogP) is 2.22. The Balaban J connectivity index is 0.000000980. The number of H-pyrrole nitrogens is 1. The van der Waals surface area contributed by atoms with Gasteiger partial charge >= 0.3 is 0 Å². The third kappa shape index (κ3) is 2.78. The number of nitrogens with one attached hydrogen (secondary N) is 1. The number of phenolic OH excluding ortho intramolecular Hbond substituents is 1. The van der Waals surface area contributed by atoms with Crippen molar-refractivity contribution < 1.29 is 5.11 Å². The second-order valence-electron chi connectivity index (χ2n) is 3.08. The summed E-state index contributed by atoms with van der Waals surface area (Å²) in [6, 6.07) is 5.30. The van der Waals surface area contributed by atoms with Gasteiger partial charge in [0.05, 0.1) is 0 Å². The summed E-state index contributed by atoms with van der Waals surface area (Å²) in [5.74, 6) is 0.297. The first kappa shape index (κ1) is 14.1. The van der Waals surface area contributed by atoms with Crippen LogP contribution in [0.15, 0.2) is 24.4 Å². The topological polar surface area (TPSA) is 62.0 Å². The molecule has 5 heteroatoms. The molecular formula is C10H14Cl2N2O. The molecule has 2 aromatic rings. The lowest BCUT2D eigenvalue weighted by atomic mass is 10.1. The van der Waals surface area contributed by atoms with Crippen molar-refractivity contribution in [1.29, 1.82) is 0 Å². The van der Waals surface area contributed by atoms with Crippen molar-refractivity contribution in [3.8, 4) is 5.75 Å². The molecule has 1 aromatic carbocycles. The fourth-order valence-corrected chi connectivity index (χ4v) is 1.53. The van der Waals surface area contributed by atoms with Gasteiger partial charge < -0.3 is 15.8 Å². The number of aromatic nitrogens is 1. The Hall–Kier alpha value is -0.900. The van der Waals surface area contributed by atoms with Gasteiger partial charge in [-0.05, 0) is 36.7 Å². The fraction of sp³-hybridized carbons (Fsp3) is 0.200. The number of rotatable bonds is 2. The average molecular weight is 249 g/mol. The van der Waals surface area contributed by atoms with Gasteiger partial charge in [-0.25, -0.2) is 0 Å². The molecule has 0 saturated carbocycles. The SMILES string of the molecule is Cl.Cl.NCCc1c[nH]c2ccc(O)cc12. The zero-order chi connectivity index (χ0) is 9.26. The highest BCUT2D eigenvalue weighted by molar-refractivity contribution is 5.86. The first-order chi connectivity index (χ1) is 6.31. The van der Waals surface area contributed by atoms with Crippen molar-refractivity contribution in [1.82, 2.24) is 4.98 Å². The van der Waals surface area contributed by atoms with Gasteiger partial charge in [-0.1, -0.05) is 0 Å². The van der Waals surface area contributed by atoms with Crippen molar-refractivity contribution in [2.45, 2.75) is 6.42 Å². The molecule has 0 bridgehead atoms. The number of halogens is 2. The van der Waals surface area contributed by atoms with Crippen LogP contribution in [-0.4, -0.2) is 16.6 Å². The summed E-state index contributed by atoms with van der Waals surface area (Å²) in [5.41, 5.74) is 7.68. The van der Waals surface area contributed by atoms with Gasteiger partial charge in [-0.2, -0.15) is 0 Å². The van der Waals surface area contributed by atoms with E-state index in [-0.39, 0.29) is 24.8 Å². The summed E-state index contributed by atoms with van der Waals surface area (Å²) in [5, 5.41) is 10.4. The summed E-state index contributed by atoms with van der Waals surface area (Å²) in [6.07, 6.45) is 2.78. The lowest BCUT2D eigenvalue weighted by Crippen LogP contribution is -2.01. The smallest absolute Gasteiger partial charge is 0.116 e. The van der Waals surface area contributed by atoms with E-state index in [0.29, 0.717) is 12.3 Å². The molecule has 0 radical (unpaired) electrons. The maximum Gasteiger partial charge on any atom is 0.116 e. The first-order valence-electron chi connectivity index (χ1n) is 4.30. The minimum atomic E-state index is 0. The number of aromatic amines is 1. The van der Waals surface area contributed by atoms with E-state index in [4.69, 9.17) is 5.73 Å². The van der Waals surface area contributed by atoms with E-state index in [1.807, 2.05) is 12.3 Å². The molecule has 0 amide bonds. The quantitative estimate of drug-likeness (QED) is 0.764. The lowest BCUT2D eigenvalue weighted by Gasteiger charge is -1.96. The van der Waals surface area contributed by atoms with Crippen molar-refractivity contribution in [3.63, 3.8) is 0 Å². The van der Waals surface area contributed by atoms with Crippen LogP contribution in [0.25, 0.3) is 10.9 Å². The van der Waals surface area contributed by atoms with E-state index in [2.05, 4.69) is 4.98 Å². The van der Waals surface area contributed by atoms with Crippen LogP contribution in [0.3, 0.4) is 0 Å². The zero-order valence-electron chi connectivity index (χ0n) is 8.06. The molecule has 4 N–H and O–H groups in total. The Kier molecular flexibility index (Phi) is 5.50. The second kappa shape index (κ2) is 5.85. The molecule has 84 valence electrons. The average Bonchev–Trinajstić information content (AvgIpc) is 2.49. The Morgan fingerprint density at radius 2 is 2.00 bits per heavy atom. The molecule has 0 aliphatic carbocycles. The highest BCUT2D eigenvalue weighted by atomic mass is 35.5. The Morgan fingerprint density at radius 1 is 1.27 bits per heavy atom. The summed E-state index contributed by atoms with van der Waals surface area (Å²) < 4.78 is 0. The number of nitrogens with two attached hydrogens (primary N) is 1. The highest BCUT2D eigenvalue weighted by Gasteiger charge is 2.02. The molecule has 1 aromatic heterocycles. The van der Waals surface area contributed by atoms with Crippen molar-refractivity contribution in [2.75, 3.05) is 6.54 Å². The van der Waals surface area contributed by atoms with Crippen molar-refractivity contribution in [2.24, 2.45) is 5.73 Å². The molecule has 15 heavy (non-hydrogen) atoms. The van der Waals surface area contributed by atoms with Crippen LogP contribution >= 0.6 is 24.8 Å². The number of hydrogen-bond donors (Lipinski definition) is 3. The molecule has 2 rings (SSSR count). The molecule has 0 fully saturated rings. The minimum absolute atomic E-state index is 0. The monoisotopic (exact) mass is 248 g/mol. The Bertz CT molecular complexity index is 428. The van der Waals surface area contributed by atoms with Crippen LogP contribution in [-0.2, 0) is 6.42 Å². The molecule has 0 unspecified atom stereocenters. The number of aromatic hydroxyl groups is 1. The number of fused-ring (bicyclic) bond motifs is 1. The number of hydrogen-bond acceptors (Lipinski definition) is 2. The normalized spacial score (nSPS) is 9.40. The summed E-state index contributed by atoms with van der Waals surface area (Å²) >= 11 is 0. The van der Waals surface area contributed by atoms with Crippen LogP contribution in [0.2, 0.25) is 0 Å². The zero-order valence-corrected chi connectivity index (χ0v) is 9.70. The summed E-state index contributed by atoms with van der Waals surface area (Å²) in [4.78, 5) is 3.13. The maximum atomic E-state index is 9.30. The van der Waals surface area contributed by atoms with Gasteiger partial charge in [0.1, 0.15) is 5.75 Å². The van der Waals surface area contributed by atoms with Gasteiger partial charge in [0.2, 0.25) is 0 Å². The molecule has 0 saturated heterocycles. The van der Waals surface area contributed by atoms with Gasteiger partial charge in [0.25, 0.3) is 0 Å². The van der Waals surface area contributed by atoms with E-state index < -0.39 is 0 Å². The second-order valence-corrected chi connectivity index (χ2v) is 3.08. The van der Waals surface area contributed by atoms with Gasteiger partial charge in [-0.3, -0.25) is 0 Å². The maximum absolute atomic E-state index is 9.30. The Morgan fingerprint density at radius 3 is 2.67 bits per heavy atom. The highest BCUT2D eigenvalue weighted by Crippen LogP contribution is 2.22. The van der Waals surface area contributed by atoms with Crippen molar-refractivity contribution >= 4 is 35.7 Å². The van der Waals surface area contributed by atoms with Gasteiger partial charge in [0, 0.05) is 17.1 Å². The summed E-state index contributed by atoms with van der Waals surface area (Å²) in [6.45, 7) is 0.628. The largest absolute Gasteiger partial charge is 0.508 e.